The molecule has 0 aliphatic carbocycles. The minimum atomic E-state index is -3.66. The summed E-state index contributed by atoms with van der Waals surface area (Å²) in [6.07, 6.45) is 0. The average Bonchev–Trinajstić information content (AvgIpc) is 2.95. The Kier molecular flexibility index (Phi) is 8.04. The SMILES string of the molecule is O=C(Nc1ccc(S(=O)(=O)N2CCN(C(c3ccccc3)c3ccccc3)CC2)cc1)c1cccc(Br)c1. The van der Waals surface area contributed by atoms with Gasteiger partial charge < -0.3 is 5.32 Å². The van der Waals surface area contributed by atoms with E-state index in [-0.39, 0.29) is 16.8 Å². The zero-order valence-electron chi connectivity index (χ0n) is 20.7. The summed E-state index contributed by atoms with van der Waals surface area (Å²) >= 11 is 3.37. The van der Waals surface area contributed by atoms with E-state index in [2.05, 4.69) is 50.4 Å². The van der Waals surface area contributed by atoms with Crippen molar-refractivity contribution >= 4 is 37.5 Å². The second-order valence-corrected chi connectivity index (χ2v) is 12.0. The molecule has 1 amide bonds. The molecule has 1 saturated heterocycles. The molecule has 0 unspecified atom stereocenters. The van der Waals surface area contributed by atoms with E-state index in [1.165, 1.54) is 11.1 Å². The summed E-state index contributed by atoms with van der Waals surface area (Å²) in [5.41, 5.74) is 3.43. The highest BCUT2D eigenvalue weighted by atomic mass is 79.9. The van der Waals surface area contributed by atoms with Gasteiger partial charge >= 0.3 is 0 Å². The van der Waals surface area contributed by atoms with Gasteiger partial charge in [-0.1, -0.05) is 82.7 Å². The lowest BCUT2D eigenvalue weighted by atomic mass is 9.96. The topological polar surface area (TPSA) is 69.7 Å². The predicted octanol–water partition coefficient (Wildman–Crippen LogP) is 5.80. The van der Waals surface area contributed by atoms with E-state index in [9.17, 15) is 13.2 Å². The van der Waals surface area contributed by atoms with Gasteiger partial charge in [0.15, 0.2) is 0 Å². The lowest BCUT2D eigenvalue weighted by Crippen LogP contribution is -2.49. The molecule has 0 saturated carbocycles. The molecule has 0 atom stereocenters. The van der Waals surface area contributed by atoms with E-state index >= 15 is 0 Å². The molecule has 4 aromatic rings. The number of rotatable bonds is 7. The number of carbonyl (C=O) groups excluding carboxylic acids is 1. The number of benzene rings is 4. The highest BCUT2D eigenvalue weighted by Gasteiger charge is 2.32. The van der Waals surface area contributed by atoms with Crippen molar-refractivity contribution in [3.05, 3.63) is 130 Å². The second kappa shape index (κ2) is 11.6. The minimum absolute atomic E-state index is 0.0652. The Hall–Kier alpha value is -3.30. The highest BCUT2D eigenvalue weighted by Crippen LogP contribution is 2.30. The van der Waals surface area contributed by atoms with Crippen LogP contribution in [0.25, 0.3) is 0 Å². The molecule has 4 aromatic carbocycles. The molecule has 1 N–H and O–H groups in total. The Morgan fingerprint density at radius 3 is 1.87 bits per heavy atom. The fourth-order valence-corrected chi connectivity index (χ4v) is 6.60. The summed E-state index contributed by atoms with van der Waals surface area (Å²) < 4.78 is 29.2. The normalized spacial score (nSPS) is 14.9. The minimum Gasteiger partial charge on any atom is -0.322 e. The molecule has 8 heteroatoms. The van der Waals surface area contributed by atoms with Gasteiger partial charge in [0.2, 0.25) is 10.0 Å². The van der Waals surface area contributed by atoms with Crippen LogP contribution in [0.15, 0.2) is 119 Å². The molecule has 0 spiro atoms. The third-order valence-electron chi connectivity index (χ3n) is 6.71. The fraction of sp³-hybridized carbons (Fsp3) is 0.167. The first kappa shape index (κ1) is 26.3. The number of halogens is 1. The number of hydrogen-bond donors (Lipinski definition) is 1. The first-order chi connectivity index (χ1) is 18.4. The molecule has 0 bridgehead atoms. The van der Waals surface area contributed by atoms with Crippen LogP contribution in [0.3, 0.4) is 0 Å². The Morgan fingerprint density at radius 1 is 0.737 bits per heavy atom. The highest BCUT2D eigenvalue weighted by molar-refractivity contribution is 9.10. The van der Waals surface area contributed by atoms with E-state index in [0.717, 1.165) is 4.47 Å². The molecule has 38 heavy (non-hydrogen) atoms. The molecule has 0 radical (unpaired) electrons. The Bertz CT molecular complexity index is 1450. The lowest BCUT2D eigenvalue weighted by molar-refractivity contribution is 0.102. The maximum absolute atomic E-state index is 13.4. The number of carbonyl (C=O) groups is 1. The van der Waals surface area contributed by atoms with Crippen molar-refractivity contribution in [2.75, 3.05) is 31.5 Å². The molecule has 0 aromatic heterocycles. The molecule has 1 aliphatic heterocycles. The third-order valence-corrected chi connectivity index (χ3v) is 9.11. The third kappa shape index (κ3) is 5.89. The number of amides is 1. The zero-order valence-corrected chi connectivity index (χ0v) is 23.1. The lowest BCUT2D eigenvalue weighted by Gasteiger charge is -2.39. The molecule has 1 fully saturated rings. The zero-order chi connectivity index (χ0) is 26.5. The Labute approximate surface area is 232 Å². The molecule has 6 nitrogen and oxygen atoms in total. The van der Waals surface area contributed by atoms with Gasteiger partial charge in [-0.05, 0) is 53.6 Å². The largest absolute Gasteiger partial charge is 0.322 e. The Morgan fingerprint density at radius 2 is 1.32 bits per heavy atom. The van der Waals surface area contributed by atoms with Crippen molar-refractivity contribution in [3.63, 3.8) is 0 Å². The molecule has 5 rings (SSSR count). The van der Waals surface area contributed by atoms with E-state index in [4.69, 9.17) is 0 Å². The summed E-state index contributed by atoms with van der Waals surface area (Å²) in [6.45, 7) is 2.04. The Balaban J connectivity index is 1.26. The summed E-state index contributed by atoms with van der Waals surface area (Å²) in [7, 11) is -3.66. The van der Waals surface area contributed by atoms with Gasteiger partial charge in [0.1, 0.15) is 0 Å². The number of sulfonamides is 1. The van der Waals surface area contributed by atoms with Crippen LogP contribution in [0, 0.1) is 0 Å². The van der Waals surface area contributed by atoms with Gasteiger partial charge in [-0.15, -0.1) is 0 Å². The second-order valence-electron chi connectivity index (χ2n) is 9.15. The van der Waals surface area contributed by atoms with E-state index in [1.54, 1.807) is 46.8 Å². The number of piperazine rings is 1. The van der Waals surface area contributed by atoms with Gasteiger partial charge in [-0.3, -0.25) is 9.69 Å². The molecular formula is C30H28BrN3O3S. The predicted molar refractivity (Wildman–Crippen MR) is 154 cm³/mol. The van der Waals surface area contributed by atoms with Gasteiger partial charge in [-0.25, -0.2) is 8.42 Å². The number of nitrogens with one attached hydrogen (secondary N) is 1. The van der Waals surface area contributed by atoms with Crippen LogP contribution < -0.4 is 5.32 Å². The van der Waals surface area contributed by atoms with Crippen molar-refractivity contribution in [1.82, 2.24) is 9.21 Å². The summed E-state index contributed by atoms with van der Waals surface area (Å²) in [5.74, 6) is -0.260. The standard InChI is InChI=1S/C30H28BrN3O3S/c31-26-13-7-12-25(22-26)30(35)32-27-14-16-28(17-15-27)38(36,37)34-20-18-33(19-21-34)29(23-8-3-1-4-9-23)24-10-5-2-6-11-24/h1-17,22,29H,18-21H2,(H,32,35). The van der Waals surface area contributed by atoms with Crippen molar-refractivity contribution in [2.45, 2.75) is 10.9 Å². The van der Waals surface area contributed by atoms with Crippen molar-refractivity contribution in [2.24, 2.45) is 0 Å². The van der Waals surface area contributed by atoms with Crippen LogP contribution in [0.2, 0.25) is 0 Å². The molecule has 1 heterocycles. The van der Waals surface area contributed by atoms with Crippen LogP contribution in [-0.2, 0) is 10.0 Å². The first-order valence-corrected chi connectivity index (χ1v) is 14.7. The van der Waals surface area contributed by atoms with Crippen molar-refractivity contribution in [3.8, 4) is 0 Å². The fourth-order valence-electron chi connectivity index (χ4n) is 4.78. The van der Waals surface area contributed by atoms with Crippen molar-refractivity contribution in [1.29, 1.82) is 0 Å². The van der Waals surface area contributed by atoms with Crippen molar-refractivity contribution < 1.29 is 13.2 Å². The van der Waals surface area contributed by atoms with Gasteiger partial charge in [0, 0.05) is 41.9 Å². The van der Waals surface area contributed by atoms with Crippen LogP contribution in [-0.4, -0.2) is 49.7 Å². The smallest absolute Gasteiger partial charge is 0.255 e. The van der Waals surface area contributed by atoms with Gasteiger partial charge in [-0.2, -0.15) is 4.31 Å². The summed E-state index contributed by atoms with van der Waals surface area (Å²) in [5, 5.41) is 2.82. The van der Waals surface area contributed by atoms with E-state index in [0.29, 0.717) is 37.4 Å². The van der Waals surface area contributed by atoms with Crippen LogP contribution in [0.5, 0.6) is 0 Å². The monoisotopic (exact) mass is 589 g/mol. The maximum atomic E-state index is 13.4. The quantitative estimate of drug-likeness (QED) is 0.296. The van der Waals surface area contributed by atoms with Gasteiger partial charge in [0.25, 0.3) is 5.91 Å². The molecule has 194 valence electrons. The van der Waals surface area contributed by atoms with Crippen LogP contribution in [0.1, 0.15) is 27.5 Å². The first-order valence-electron chi connectivity index (χ1n) is 12.4. The number of anilines is 1. The molecule has 1 aliphatic rings. The van der Waals surface area contributed by atoms with Crippen LogP contribution >= 0.6 is 15.9 Å². The summed E-state index contributed by atoms with van der Waals surface area (Å²) in [6, 6.07) is 34.2. The van der Waals surface area contributed by atoms with E-state index < -0.39 is 10.0 Å². The van der Waals surface area contributed by atoms with Crippen LogP contribution in [0.4, 0.5) is 5.69 Å². The average molecular weight is 591 g/mol. The molecular weight excluding hydrogens is 562 g/mol. The van der Waals surface area contributed by atoms with Gasteiger partial charge in [0.05, 0.1) is 10.9 Å². The summed E-state index contributed by atoms with van der Waals surface area (Å²) in [4.78, 5) is 15.1. The van der Waals surface area contributed by atoms with E-state index in [1.807, 2.05) is 42.5 Å². The number of hydrogen-bond acceptors (Lipinski definition) is 4. The number of nitrogens with zero attached hydrogens (tertiary/aromatic N) is 2. The maximum Gasteiger partial charge on any atom is 0.255 e.